The number of H-pyrrole nitrogens is 1. The van der Waals surface area contributed by atoms with Gasteiger partial charge in [-0.3, -0.25) is 9.69 Å². The number of aromatic nitrogens is 1. The van der Waals surface area contributed by atoms with Crippen LogP contribution < -0.4 is 10.9 Å². The quantitative estimate of drug-likeness (QED) is 0.743. The zero-order chi connectivity index (χ0) is 19.1. The third-order valence-corrected chi connectivity index (χ3v) is 5.97. The molecule has 2 aliphatic rings. The number of benzene rings is 2. The van der Waals surface area contributed by atoms with Crippen LogP contribution in [0.5, 0.6) is 0 Å². The number of aromatic amines is 1. The van der Waals surface area contributed by atoms with Crippen LogP contribution in [0.1, 0.15) is 24.0 Å². The number of piperazine rings is 1. The van der Waals surface area contributed by atoms with Gasteiger partial charge >= 0.3 is 0 Å². The number of hydrogen-bond donors (Lipinski definition) is 2. The monoisotopic (exact) mass is 370 g/mol. The zero-order valence-corrected chi connectivity index (χ0v) is 15.6. The van der Waals surface area contributed by atoms with Gasteiger partial charge in [0, 0.05) is 48.2 Å². The number of hydrogen-bond acceptors (Lipinski definition) is 4. The van der Waals surface area contributed by atoms with E-state index in [4.69, 9.17) is 0 Å². The molecule has 2 aliphatic heterocycles. The normalized spacial score (nSPS) is 21.7. The van der Waals surface area contributed by atoms with E-state index in [0.717, 1.165) is 30.9 Å². The van der Waals surface area contributed by atoms with E-state index in [2.05, 4.69) is 45.5 Å². The maximum Gasteiger partial charge on any atom is 0.256 e. The van der Waals surface area contributed by atoms with E-state index < -0.39 is 0 Å². The van der Waals surface area contributed by atoms with Crippen LogP contribution in [-0.2, 0) is 6.54 Å². The summed E-state index contributed by atoms with van der Waals surface area (Å²) in [5.41, 5.74) is 3.34. The fourth-order valence-electron chi connectivity index (χ4n) is 4.61. The molecule has 0 saturated carbocycles. The van der Waals surface area contributed by atoms with Crippen molar-refractivity contribution in [2.45, 2.75) is 31.5 Å². The maximum atomic E-state index is 12.5. The molecule has 3 aromatic rings. The first-order valence-electron chi connectivity index (χ1n) is 9.83. The van der Waals surface area contributed by atoms with Crippen LogP contribution in [0.4, 0.5) is 0 Å². The highest BCUT2D eigenvalue weighted by atomic mass is 16.1. The molecule has 2 fully saturated rings. The lowest BCUT2D eigenvalue weighted by Gasteiger charge is -2.32. The SMILES string of the molecule is N#Cc1cccc2c(=O)[nH]c(-c3ccc(CN4CC5CCC(C4)N5)cc3)cc12. The maximum absolute atomic E-state index is 12.5. The predicted molar refractivity (Wildman–Crippen MR) is 110 cm³/mol. The molecule has 140 valence electrons. The summed E-state index contributed by atoms with van der Waals surface area (Å²) in [5.74, 6) is 0. The lowest BCUT2D eigenvalue weighted by molar-refractivity contribution is 0.189. The van der Waals surface area contributed by atoms with Gasteiger partial charge in [-0.25, -0.2) is 0 Å². The molecule has 5 rings (SSSR count). The Bertz CT molecular complexity index is 1110. The molecule has 0 radical (unpaired) electrons. The van der Waals surface area contributed by atoms with Crippen LogP contribution in [0.25, 0.3) is 22.0 Å². The van der Waals surface area contributed by atoms with Crippen LogP contribution in [0.3, 0.4) is 0 Å². The Morgan fingerprint density at radius 1 is 1.04 bits per heavy atom. The summed E-state index contributed by atoms with van der Waals surface area (Å²) in [6, 6.07) is 19.0. The molecule has 1 aromatic heterocycles. The summed E-state index contributed by atoms with van der Waals surface area (Å²) in [5, 5.41) is 14.3. The highest BCUT2D eigenvalue weighted by Crippen LogP contribution is 2.24. The van der Waals surface area contributed by atoms with E-state index in [1.165, 1.54) is 18.4 Å². The van der Waals surface area contributed by atoms with Gasteiger partial charge in [-0.2, -0.15) is 5.26 Å². The Morgan fingerprint density at radius 3 is 2.50 bits per heavy atom. The van der Waals surface area contributed by atoms with Gasteiger partial charge in [-0.05, 0) is 42.2 Å². The average molecular weight is 370 g/mol. The molecule has 2 unspecified atom stereocenters. The van der Waals surface area contributed by atoms with Gasteiger partial charge in [-0.15, -0.1) is 0 Å². The summed E-state index contributed by atoms with van der Waals surface area (Å²) in [4.78, 5) is 17.9. The number of nitrogens with one attached hydrogen (secondary N) is 2. The first-order chi connectivity index (χ1) is 13.7. The van der Waals surface area contributed by atoms with Crippen molar-refractivity contribution in [2.75, 3.05) is 13.1 Å². The number of nitriles is 1. The number of pyridine rings is 1. The fourth-order valence-corrected chi connectivity index (χ4v) is 4.61. The molecule has 3 heterocycles. The molecule has 0 aliphatic carbocycles. The summed E-state index contributed by atoms with van der Waals surface area (Å²) >= 11 is 0. The Labute approximate surface area is 163 Å². The van der Waals surface area contributed by atoms with Gasteiger partial charge in [0.05, 0.1) is 11.6 Å². The largest absolute Gasteiger partial charge is 0.321 e. The Kier molecular flexibility index (Phi) is 4.23. The van der Waals surface area contributed by atoms with Crippen molar-refractivity contribution in [1.29, 1.82) is 5.26 Å². The molecule has 0 amide bonds. The predicted octanol–water partition coefficient (Wildman–Crippen LogP) is 3.00. The van der Waals surface area contributed by atoms with Gasteiger partial charge in [0.15, 0.2) is 0 Å². The Hall–Kier alpha value is -2.94. The van der Waals surface area contributed by atoms with Crippen molar-refractivity contribution in [1.82, 2.24) is 15.2 Å². The summed E-state index contributed by atoms with van der Waals surface area (Å²) in [6.07, 6.45) is 2.58. The van der Waals surface area contributed by atoms with Crippen molar-refractivity contribution in [3.63, 3.8) is 0 Å². The molecule has 5 nitrogen and oxygen atoms in total. The standard InChI is InChI=1S/C23H22N4O/c24-11-17-2-1-3-20-21(17)10-22(26-23(20)28)16-6-4-15(5-7-16)12-27-13-18-8-9-19(14-27)25-18/h1-7,10,18-19,25H,8-9,12-14H2,(H,26,28). The molecular weight excluding hydrogens is 348 g/mol. The minimum Gasteiger partial charge on any atom is -0.321 e. The van der Waals surface area contributed by atoms with Gasteiger partial charge in [0.1, 0.15) is 0 Å². The molecule has 2 aromatic carbocycles. The van der Waals surface area contributed by atoms with Crippen molar-refractivity contribution < 1.29 is 0 Å². The van der Waals surface area contributed by atoms with E-state index in [9.17, 15) is 10.1 Å². The molecule has 2 N–H and O–H groups in total. The number of nitrogens with zero attached hydrogens (tertiary/aromatic N) is 2. The van der Waals surface area contributed by atoms with Gasteiger partial charge in [0.2, 0.25) is 0 Å². The van der Waals surface area contributed by atoms with E-state index in [0.29, 0.717) is 28.4 Å². The molecule has 5 heteroatoms. The number of rotatable bonds is 3. The van der Waals surface area contributed by atoms with Crippen molar-refractivity contribution in [2.24, 2.45) is 0 Å². The lowest BCUT2D eigenvalue weighted by atomic mass is 10.0. The van der Waals surface area contributed by atoms with Crippen molar-refractivity contribution >= 4 is 10.8 Å². The van der Waals surface area contributed by atoms with E-state index >= 15 is 0 Å². The molecule has 2 atom stereocenters. The molecule has 0 spiro atoms. The molecule has 2 saturated heterocycles. The second-order valence-corrected chi connectivity index (χ2v) is 7.92. The third-order valence-electron chi connectivity index (χ3n) is 5.97. The second-order valence-electron chi connectivity index (χ2n) is 7.92. The average Bonchev–Trinajstić information content (AvgIpc) is 3.06. The Balaban J connectivity index is 1.41. The second kappa shape index (κ2) is 6.90. The first-order valence-corrected chi connectivity index (χ1v) is 9.83. The van der Waals surface area contributed by atoms with Crippen LogP contribution >= 0.6 is 0 Å². The summed E-state index contributed by atoms with van der Waals surface area (Å²) < 4.78 is 0. The highest BCUT2D eigenvalue weighted by molar-refractivity contribution is 5.89. The summed E-state index contributed by atoms with van der Waals surface area (Å²) in [6.45, 7) is 3.20. The summed E-state index contributed by atoms with van der Waals surface area (Å²) in [7, 11) is 0. The Morgan fingerprint density at radius 2 is 1.79 bits per heavy atom. The first kappa shape index (κ1) is 17.2. The van der Waals surface area contributed by atoms with Gasteiger partial charge in [-0.1, -0.05) is 30.3 Å². The number of fused-ring (bicyclic) bond motifs is 3. The van der Waals surface area contributed by atoms with Crippen LogP contribution in [0.2, 0.25) is 0 Å². The fraction of sp³-hybridized carbons (Fsp3) is 0.304. The minimum atomic E-state index is -0.162. The van der Waals surface area contributed by atoms with Crippen LogP contribution in [0.15, 0.2) is 53.3 Å². The number of likely N-dealkylation sites (tertiary alicyclic amines) is 1. The zero-order valence-electron chi connectivity index (χ0n) is 15.6. The van der Waals surface area contributed by atoms with Crippen molar-refractivity contribution in [3.05, 3.63) is 70.0 Å². The van der Waals surface area contributed by atoms with Crippen molar-refractivity contribution in [3.8, 4) is 17.3 Å². The smallest absolute Gasteiger partial charge is 0.256 e. The van der Waals surface area contributed by atoms with E-state index in [-0.39, 0.29) is 5.56 Å². The van der Waals surface area contributed by atoms with Crippen LogP contribution in [-0.4, -0.2) is 35.1 Å². The minimum absolute atomic E-state index is 0.162. The van der Waals surface area contributed by atoms with E-state index in [1.54, 1.807) is 18.2 Å². The molecular formula is C23H22N4O. The lowest BCUT2D eigenvalue weighted by Crippen LogP contribution is -2.50. The van der Waals surface area contributed by atoms with E-state index in [1.807, 2.05) is 6.07 Å². The molecule has 2 bridgehead atoms. The van der Waals surface area contributed by atoms with Gasteiger partial charge in [0.25, 0.3) is 5.56 Å². The van der Waals surface area contributed by atoms with Gasteiger partial charge < -0.3 is 10.3 Å². The highest BCUT2D eigenvalue weighted by Gasteiger charge is 2.31. The third kappa shape index (κ3) is 3.11. The topological polar surface area (TPSA) is 71.9 Å². The molecule has 28 heavy (non-hydrogen) atoms. The van der Waals surface area contributed by atoms with Crippen LogP contribution in [0, 0.1) is 11.3 Å².